The third-order valence-corrected chi connectivity index (χ3v) is 4.15. The zero-order valence-corrected chi connectivity index (χ0v) is 14.3. The molecule has 0 heterocycles. The molecule has 0 saturated carbocycles. The zero-order chi connectivity index (χ0) is 17.7. The molecule has 1 aromatic carbocycles. The maximum atomic E-state index is 13.4. The molecular weight excluding hydrogens is 317 g/mol. The highest BCUT2D eigenvalue weighted by Gasteiger charge is 2.39. The van der Waals surface area contributed by atoms with E-state index in [0.29, 0.717) is 22.6 Å². The number of unbranched alkanes of at least 4 members (excludes halogenated alkanes) is 4. The first-order valence-corrected chi connectivity index (χ1v) is 8.18. The first kappa shape index (κ1) is 18.4. The summed E-state index contributed by atoms with van der Waals surface area (Å²) in [6.45, 7) is 2.13. The number of fused-ring (bicyclic) bond motifs is 1. The second-order valence-electron chi connectivity index (χ2n) is 5.82. The summed E-state index contributed by atoms with van der Waals surface area (Å²) in [5, 5.41) is 0. The lowest BCUT2D eigenvalue weighted by Gasteiger charge is -2.14. The zero-order valence-electron chi connectivity index (χ0n) is 14.3. The summed E-state index contributed by atoms with van der Waals surface area (Å²) >= 11 is 0. The Morgan fingerprint density at radius 2 is 1.58 bits per heavy atom. The first-order chi connectivity index (χ1) is 11.4. The molecule has 24 heavy (non-hydrogen) atoms. The predicted molar refractivity (Wildman–Crippen MR) is 90.3 cm³/mol. The number of hydrogen-bond donors (Lipinski definition) is 0. The Bertz CT molecular complexity index is 643. The SMILES string of the molecule is CCCCCC/C=C1/C=C(C(F)(F)F)c2cc(OC)c(OC)cc21. The molecule has 1 aliphatic rings. The largest absolute Gasteiger partial charge is 0.493 e. The van der Waals surface area contributed by atoms with E-state index in [1.54, 1.807) is 6.07 Å². The van der Waals surface area contributed by atoms with Gasteiger partial charge >= 0.3 is 6.18 Å². The monoisotopic (exact) mass is 340 g/mol. The van der Waals surface area contributed by atoms with E-state index in [4.69, 9.17) is 9.47 Å². The fourth-order valence-electron chi connectivity index (χ4n) is 2.88. The summed E-state index contributed by atoms with van der Waals surface area (Å²) in [4.78, 5) is 0. The number of hydrogen-bond acceptors (Lipinski definition) is 2. The molecule has 0 amide bonds. The van der Waals surface area contributed by atoms with Crippen LogP contribution < -0.4 is 9.47 Å². The molecule has 0 bridgehead atoms. The Hall–Kier alpha value is -1.91. The molecule has 0 unspecified atom stereocenters. The molecule has 2 rings (SSSR count). The minimum atomic E-state index is -4.40. The number of alkyl halides is 3. The van der Waals surface area contributed by atoms with Crippen LogP contribution in [0.3, 0.4) is 0 Å². The topological polar surface area (TPSA) is 18.5 Å². The van der Waals surface area contributed by atoms with Crippen LogP contribution in [0.5, 0.6) is 11.5 Å². The van der Waals surface area contributed by atoms with E-state index in [9.17, 15) is 13.2 Å². The molecule has 0 saturated heterocycles. The van der Waals surface area contributed by atoms with Gasteiger partial charge in [0.15, 0.2) is 11.5 Å². The van der Waals surface area contributed by atoms with Gasteiger partial charge in [-0.25, -0.2) is 0 Å². The summed E-state index contributed by atoms with van der Waals surface area (Å²) in [5.74, 6) is 0.737. The van der Waals surface area contributed by atoms with Crippen LogP contribution >= 0.6 is 0 Å². The quantitative estimate of drug-likeness (QED) is 0.565. The van der Waals surface area contributed by atoms with Gasteiger partial charge in [-0.3, -0.25) is 0 Å². The number of halogens is 3. The second-order valence-corrected chi connectivity index (χ2v) is 5.82. The third kappa shape index (κ3) is 3.94. The van der Waals surface area contributed by atoms with Gasteiger partial charge in [-0.05, 0) is 47.8 Å². The van der Waals surface area contributed by atoms with E-state index >= 15 is 0 Å². The molecule has 0 spiro atoms. The van der Waals surface area contributed by atoms with Gasteiger partial charge in [-0.1, -0.05) is 32.3 Å². The Morgan fingerprint density at radius 3 is 2.12 bits per heavy atom. The summed E-state index contributed by atoms with van der Waals surface area (Å²) in [7, 11) is 2.89. The lowest BCUT2D eigenvalue weighted by atomic mass is 10.0. The predicted octanol–water partition coefficient (Wildman–Crippen LogP) is 6.02. The van der Waals surface area contributed by atoms with E-state index in [1.165, 1.54) is 26.4 Å². The Kier molecular flexibility index (Phi) is 5.97. The van der Waals surface area contributed by atoms with Gasteiger partial charge in [0.05, 0.1) is 19.8 Å². The van der Waals surface area contributed by atoms with Gasteiger partial charge in [-0.15, -0.1) is 0 Å². The van der Waals surface area contributed by atoms with Crippen molar-refractivity contribution in [3.05, 3.63) is 35.4 Å². The summed E-state index contributed by atoms with van der Waals surface area (Å²) < 4.78 is 50.4. The average molecular weight is 340 g/mol. The van der Waals surface area contributed by atoms with Gasteiger partial charge in [0.1, 0.15) is 0 Å². The molecule has 0 aromatic heterocycles. The highest BCUT2D eigenvalue weighted by molar-refractivity contribution is 5.98. The van der Waals surface area contributed by atoms with Crippen molar-refractivity contribution < 1.29 is 22.6 Å². The molecule has 0 fully saturated rings. The maximum absolute atomic E-state index is 13.4. The molecule has 5 heteroatoms. The number of methoxy groups -OCH3 is 2. The van der Waals surface area contributed by atoms with Crippen molar-refractivity contribution in [1.29, 1.82) is 0 Å². The van der Waals surface area contributed by atoms with Crippen LogP contribution in [-0.2, 0) is 0 Å². The minimum absolute atomic E-state index is 0.153. The smallest absolute Gasteiger partial charge is 0.417 e. The van der Waals surface area contributed by atoms with Crippen LogP contribution in [0.25, 0.3) is 11.1 Å². The van der Waals surface area contributed by atoms with E-state index in [1.807, 2.05) is 6.08 Å². The van der Waals surface area contributed by atoms with Gasteiger partial charge in [0.2, 0.25) is 0 Å². The van der Waals surface area contributed by atoms with Crippen molar-refractivity contribution in [1.82, 2.24) is 0 Å². The summed E-state index contributed by atoms with van der Waals surface area (Å²) in [5.41, 5.74) is 0.684. The highest BCUT2D eigenvalue weighted by atomic mass is 19.4. The van der Waals surface area contributed by atoms with Crippen LogP contribution in [0.1, 0.15) is 50.2 Å². The molecule has 0 atom stereocenters. The van der Waals surface area contributed by atoms with Crippen LogP contribution in [0, 0.1) is 0 Å². The van der Waals surface area contributed by atoms with Crippen molar-refractivity contribution in [2.24, 2.45) is 0 Å². The fraction of sp³-hybridized carbons (Fsp3) is 0.474. The van der Waals surface area contributed by atoms with Crippen molar-refractivity contribution in [3.63, 3.8) is 0 Å². The Labute approximate surface area is 141 Å². The standard InChI is InChI=1S/C19H23F3O2/c1-4-5-6-7-8-9-13-10-16(19(20,21)22)15-12-18(24-3)17(23-2)11-14(13)15/h9-12H,4-8H2,1-3H3/b13-9-. The lowest BCUT2D eigenvalue weighted by Crippen LogP contribution is -2.09. The molecule has 0 radical (unpaired) electrons. The number of ether oxygens (including phenoxy) is 2. The van der Waals surface area contributed by atoms with Crippen molar-refractivity contribution in [2.75, 3.05) is 14.2 Å². The average Bonchev–Trinajstić information content (AvgIpc) is 2.91. The number of allylic oxidation sites excluding steroid dienone is 4. The fourth-order valence-corrected chi connectivity index (χ4v) is 2.88. The van der Waals surface area contributed by atoms with E-state index in [-0.39, 0.29) is 5.56 Å². The van der Waals surface area contributed by atoms with Crippen LogP contribution in [-0.4, -0.2) is 20.4 Å². The molecule has 0 N–H and O–H groups in total. The Morgan fingerprint density at radius 1 is 0.958 bits per heavy atom. The van der Waals surface area contributed by atoms with E-state index in [2.05, 4.69) is 6.92 Å². The van der Waals surface area contributed by atoms with Gasteiger partial charge in [0.25, 0.3) is 0 Å². The van der Waals surface area contributed by atoms with Crippen LogP contribution in [0.4, 0.5) is 13.2 Å². The summed E-state index contributed by atoms with van der Waals surface area (Å²) in [6.07, 6.45) is 3.84. The van der Waals surface area contributed by atoms with Gasteiger partial charge in [0, 0.05) is 0 Å². The molecular formula is C19H23F3O2. The van der Waals surface area contributed by atoms with E-state index < -0.39 is 11.7 Å². The molecule has 1 aliphatic carbocycles. The normalized spacial score (nSPS) is 15.4. The number of rotatable bonds is 7. The lowest BCUT2D eigenvalue weighted by molar-refractivity contribution is -0.0687. The first-order valence-electron chi connectivity index (χ1n) is 8.18. The van der Waals surface area contributed by atoms with Crippen molar-refractivity contribution >= 4 is 11.1 Å². The minimum Gasteiger partial charge on any atom is -0.493 e. The second kappa shape index (κ2) is 7.77. The van der Waals surface area contributed by atoms with Crippen LogP contribution in [0.2, 0.25) is 0 Å². The van der Waals surface area contributed by atoms with Crippen LogP contribution in [0.15, 0.2) is 24.3 Å². The maximum Gasteiger partial charge on any atom is 0.417 e. The van der Waals surface area contributed by atoms with Gasteiger partial charge in [-0.2, -0.15) is 13.2 Å². The Balaban J connectivity index is 2.38. The van der Waals surface area contributed by atoms with Gasteiger partial charge < -0.3 is 9.47 Å². The summed E-state index contributed by atoms with van der Waals surface area (Å²) in [6, 6.07) is 3.03. The molecule has 0 aliphatic heterocycles. The molecule has 2 nitrogen and oxygen atoms in total. The van der Waals surface area contributed by atoms with E-state index in [0.717, 1.165) is 32.1 Å². The molecule has 1 aromatic rings. The third-order valence-electron chi connectivity index (χ3n) is 4.15. The highest BCUT2D eigenvalue weighted by Crippen LogP contribution is 2.47. The molecule has 132 valence electrons. The van der Waals surface area contributed by atoms with Crippen molar-refractivity contribution in [3.8, 4) is 11.5 Å². The number of benzene rings is 1. The van der Waals surface area contributed by atoms with Crippen molar-refractivity contribution in [2.45, 2.75) is 45.2 Å².